The van der Waals surface area contributed by atoms with Gasteiger partial charge < -0.3 is 10.2 Å². The number of nitrogens with zero attached hydrogens (tertiary/aromatic N) is 3. The molecule has 2 atom stereocenters. The van der Waals surface area contributed by atoms with Crippen LogP contribution in [0.4, 0.5) is 11.5 Å². The van der Waals surface area contributed by atoms with Crippen LogP contribution in [-0.2, 0) is 16.3 Å². The number of hydrogen-bond donors (Lipinski definition) is 1. The Bertz CT molecular complexity index is 943. The molecule has 0 radical (unpaired) electrons. The molecule has 8 heteroatoms. The molecule has 0 bridgehead atoms. The second-order valence-electron chi connectivity index (χ2n) is 6.91. The first-order chi connectivity index (χ1) is 12.4. The minimum absolute atomic E-state index is 0.0724. The number of aromatic nitrogens is 2. The van der Waals surface area contributed by atoms with Crippen LogP contribution in [0.25, 0.3) is 0 Å². The topological polar surface area (TPSA) is 92.3 Å². The lowest BCUT2D eigenvalue weighted by atomic mass is 10.1. The number of fused-ring (bicyclic) bond motifs is 1. The van der Waals surface area contributed by atoms with E-state index in [0.717, 1.165) is 17.7 Å². The second-order valence-corrected chi connectivity index (χ2v) is 9.13. The van der Waals surface area contributed by atoms with Crippen molar-refractivity contribution < 1.29 is 13.2 Å². The van der Waals surface area contributed by atoms with Crippen molar-refractivity contribution in [3.8, 4) is 0 Å². The van der Waals surface area contributed by atoms with E-state index in [1.54, 1.807) is 17.0 Å². The second kappa shape index (κ2) is 6.35. The highest BCUT2D eigenvalue weighted by Gasteiger charge is 2.32. The Morgan fingerprint density at radius 1 is 1.19 bits per heavy atom. The summed E-state index contributed by atoms with van der Waals surface area (Å²) in [6.07, 6.45) is 1.39. The smallest absolute Gasteiger partial charge is 0.279 e. The number of amides is 1. The lowest BCUT2D eigenvalue weighted by molar-refractivity contribution is 0.0975. The zero-order valence-corrected chi connectivity index (χ0v) is 15.2. The molecule has 1 aromatic heterocycles. The number of para-hydroxylation sites is 1. The number of carbonyl (C=O) groups is 1. The van der Waals surface area contributed by atoms with Crippen LogP contribution in [0, 0.1) is 0 Å². The fourth-order valence-corrected chi connectivity index (χ4v) is 5.31. The average molecular weight is 372 g/mol. The third-order valence-electron chi connectivity index (χ3n) is 4.89. The molecule has 4 rings (SSSR count). The van der Waals surface area contributed by atoms with Gasteiger partial charge in [0.25, 0.3) is 5.91 Å². The van der Waals surface area contributed by atoms with E-state index < -0.39 is 9.84 Å². The first-order valence-corrected chi connectivity index (χ1v) is 10.5. The lowest BCUT2D eigenvalue weighted by Crippen LogP contribution is -2.36. The highest BCUT2D eigenvalue weighted by molar-refractivity contribution is 7.91. The Balaban J connectivity index is 1.50. The highest BCUT2D eigenvalue weighted by Crippen LogP contribution is 2.32. The standard InChI is InChI=1S/C18H20N4O3S/c1-12-10-13-4-2-3-5-16(13)22(12)18(23)15-6-7-17(21-20-15)19-14-8-9-26(24,25)11-14/h2-7,12,14H,8-11H2,1H3,(H,19,21). The van der Waals surface area contributed by atoms with Gasteiger partial charge in [-0.25, -0.2) is 8.42 Å². The summed E-state index contributed by atoms with van der Waals surface area (Å²) in [7, 11) is -2.95. The average Bonchev–Trinajstić information content (AvgIpc) is 3.13. The Labute approximate surface area is 152 Å². The number of carbonyl (C=O) groups excluding carboxylic acids is 1. The van der Waals surface area contributed by atoms with Gasteiger partial charge in [0.15, 0.2) is 15.5 Å². The van der Waals surface area contributed by atoms with Crippen molar-refractivity contribution in [1.29, 1.82) is 0 Å². The molecule has 2 unspecified atom stereocenters. The summed E-state index contributed by atoms with van der Waals surface area (Å²) < 4.78 is 23.1. The van der Waals surface area contributed by atoms with Crippen molar-refractivity contribution in [3.63, 3.8) is 0 Å². The highest BCUT2D eigenvalue weighted by atomic mass is 32.2. The third kappa shape index (κ3) is 3.16. The molecule has 3 heterocycles. The molecule has 26 heavy (non-hydrogen) atoms. The minimum atomic E-state index is -2.95. The van der Waals surface area contributed by atoms with E-state index >= 15 is 0 Å². The molecule has 1 amide bonds. The number of anilines is 2. The molecule has 7 nitrogen and oxygen atoms in total. The molecule has 0 spiro atoms. The molecular weight excluding hydrogens is 352 g/mol. The maximum Gasteiger partial charge on any atom is 0.279 e. The van der Waals surface area contributed by atoms with Crippen molar-refractivity contribution in [2.75, 3.05) is 21.7 Å². The molecule has 2 aliphatic heterocycles. The summed E-state index contributed by atoms with van der Waals surface area (Å²) in [5, 5.41) is 11.2. The molecule has 2 aromatic rings. The van der Waals surface area contributed by atoms with E-state index in [4.69, 9.17) is 0 Å². The van der Waals surface area contributed by atoms with E-state index in [1.807, 2.05) is 31.2 Å². The first-order valence-electron chi connectivity index (χ1n) is 8.65. The summed E-state index contributed by atoms with van der Waals surface area (Å²) in [6, 6.07) is 11.1. The van der Waals surface area contributed by atoms with Gasteiger partial charge in [0.1, 0.15) is 5.82 Å². The Kier molecular flexibility index (Phi) is 4.14. The van der Waals surface area contributed by atoms with Gasteiger partial charge in [-0.1, -0.05) is 18.2 Å². The SMILES string of the molecule is CC1Cc2ccccc2N1C(=O)c1ccc(NC2CCS(=O)(=O)C2)nn1. The van der Waals surface area contributed by atoms with Crippen LogP contribution < -0.4 is 10.2 Å². The van der Waals surface area contributed by atoms with Gasteiger partial charge in [0.2, 0.25) is 0 Å². The monoisotopic (exact) mass is 372 g/mol. The van der Waals surface area contributed by atoms with Crippen LogP contribution in [0.5, 0.6) is 0 Å². The first kappa shape index (κ1) is 17.0. The minimum Gasteiger partial charge on any atom is -0.365 e. The number of hydrogen-bond acceptors (Lipinski definition) is 6. The van der Waals surface area contributed by atoms with Gasteiger partial charge in [0.05, 0.1) is 11.5 Å². The predicted molar refractivity (Wildman–Crippen MR) is 99.1 cm³/mol. The van der Waals surface area contributed by atoms with Crippen LogP contribution in [0.15, 0.2) is 36.4 Å². The van der Waals surface area contributed by atoms with Gasteiger partial charge in [-0.2, -0.15) is 0 Å². The van der Waals surface area contributed by atoms with Crippen molar-refractivity contribution in [2.45, 2.75) is 31.8 Å². The molecular formula is C18H20N4O3S. The number of rotatable bonds is 3. The summed E-state index contributed by atoms with van der Waals surface area (Å²) in [4.78, 5) is 14.6. The summed E-state index contributed by atoms with van der Waals surface area (Å²) in [5.74, 6) is 0.613. The zero-order chi connectivity index (χ0) is 18.3. The Morgan fingerprint density at radius 3 is 2.69 bits per heavy atom. The molecule has 2 aliphatic rings. The lowest BCUT2D eigenvalue weighted by Gasteiger charge is -2.22. The third-order valence-corrected chi connectivity index (χ3v) is 6.66. The Hall–Kier alpha value is -2.48. The molecule has 1 fully saturated rings. The van der Waals surface area contributed by atoms with Crippen molar-refractivity contribution >= 4 is 27.2 Å². The fourth-order valence-electron chi connectivity index (χ4n) is 3.64. The van der Waals surface area contributed by atoms with Crippen LogP contribution in [0.2, 0.25) is 0 Å². The van der Waals surface area contributed by atoms with Gasteiger partial charge >= 0.3 is 0 Å². The summed E-state index contributed by atoms with van der Waals surface area (Å²) >= 11 is 0. The van der Waals surface area contributed by atoms with Crippen molar-refractivity contribution in [3.05, 3.63) is 47.7 Å². The fraction of sp³-hybridized carbons (Fsp3) is 0.389. The van der Waals surface area contributed by atoms with Gasteiger partial charge in [-0.3, -0.25) is 4.79 Å². The number of sulfone groups is 1. The van der Waals surface area contributed by atoms with Gasteiger partial charge in [-0.15, -0.1) is 10.2 Å². The largest absolute Gasteiger partial charge is 0.365 e. The summed E-state index contributed by atoms with van der Waals surface area (Å²) in [5.41, 5.74) is 2.35. The molecule has 1 aromatic carbocycles. The maximum absolute atomic E-state index is 12.9. The van der Waals surface area contributed by atoms with Crippen molar-refractivity contribution in [2.24, 2.45) is 0 Å². The van der Waals surface area contributed by atoms with E-state index in [0.29, 0.717) is 12.2 Å². The van der Waals surface area contributed by atoms with Crippen LogP contribution in [0.1, 0.15) is 29.4 Å². The summed E-state index contributed by atoms with van der Waals surface area (Å²) in [6.45, 7) is 2.02. The quantitative estimate of drug-likeness (QED) is 0.881. The predicted octanol–water partition coefficient (Wildman–Crippen LogP) is 1.67. The molecule has 1 N–H and O–H groups in total. The van der Waals surface area contributed by atoms with Crippen molar-refractivity contribution in [1.82, 2.24) is 10.2 Å². The molecule has 1 saturated heterocycles. The zero-order valence-electron chi connectivity index (χ0n) is 14.4. The van der Waals surface area contributed by atoms with Crippen LogP contribution >= 0.6 is 0 Å². The number of nitrogens with one attached hydrogen (secondary N) is 1. The van der Waals surface area contributed by atoms with Crippen LogP contribution in [-0.4, -0.2) is 48.1 Å². The van der Waals surface area contributed by atoms with E-state index in [9.17, 15) is 13.2 Å². The van der Waals surface area contributed by atoms with E-state index in [1.165, 1.54) is 0 Å². The molecule has 0 saturated carbocycles. The Morgan fingerprint density at radius 2 is 2.00 bits per heavy atom. The normalized spacial score (nSPS) is 23.7. The van der Waals surface area contributed by atoms with E-state index in [-0.39, 0.29) is 35.2 Å². The van der Waals surface area contributed by atoms with E-state index in [2.05, 4.69) is 15.5 Å². The number of benzene rings is 1. The molecule has 0 aliphatic carbocycles. The molecule has 136 valence electrons. The van der Waals surface area contributed by atoms with Gasteiger partial charge in [-0.05, 0) is 43.5 Å². The maximum atomic E-state index is 12.9. The van der Waals surface area contributed by atoms with Crippen LogP contribution in [0.3, 0.4) is 0 Å². The van der Waals surface area contributed by atoms with Gasteiger partial charge in [0, 0.05) is 17.8 Å².